The molecule has 2 unspecified atom stereocenters. The van der Waals surface area contributed by atoms with Crippen LogP contribution in [0.1, 0.15) is 18.4 Å². The van der Waals surface area contributed by atoms with Crippen LogP contribution in [0, 0.1) is 5.82 Å². The molecule has 0 fully saturated rings. The molecular weight excluding hydrogens is 169 g/mol. The molecule has 0 amide bonds. The van der Waals surface area contributed by atoms with Crippen LogP contribution < -0.4 is 5.32 Å². The Balaban J connectivity index is 2.49. The lowest BCUT2D eigenvalue weighted by molar-refractivity contribution is -0.109. The third-order valence-corrected chi connectivity index (χ3v) is 2.44. The first-order valence-electron chi connectivity index (χ1n) is 4.23. The minimum atomic E-state index is -0.290. The zero-order valence-corrected chi connectivity index (χ0v) is 7.25. The molecule has 0 spiro atoms. The number of rotatable bonds is 1. The van der Waals surface area contributed by atoms with Crippen molar-refractivity contribution in [3.8, 4) is 0 Å². The standard InChI is InChI=1S/C10H10FNO/c1-6-9(5-13)8-4-7(11)2-3-10(8)12-6/h2-6,9,12H,1H3. The lowest BCUT2D eigenvalue weighted by Gasteiger charge is -2.07. The van der Waals surface area contributed by atoms with E-state index in [1.807, 2.05) is 6.92 Å². The third-order valence-electron chi connectivity index (χ3n) is 2.44. The van der Waals surface area contributed by atoms with E-state index in [2.05, 4.69) is 5.32 Å². The van der Waals surface area contributed by atoms with Gasteiger partial charge in [0.2, 0.25) is 0 Å². The lowest BCUT2D eigenvalue weighted by Crippen LogP contribution is -2.16. The predicted molar refractivity (Wildman–Crippen MR) is 48.3 cm³/mol. The molecule has 2 nitrogen and oxygen atoms in total. The number of fused-ring (bicyclic) bond motifs is 1. The van der Waals surface area contributed by atoms with Crippen molar-refractivity contribution in [3.05, 3.63) is 29.6 Å². The topological polar surface area (TPSA) is 29.1 Å². The van der Waals surface area contributed by atoms with Crippen molar-refractivity contribution in [1.82, 2.24) is 0 Å². The summed E-state index contributed by atoms with van der Waals surface area (Å²) in [7, 11) is 0. The molecule has 0 saturated carbocycles. The van der Waals surface area contributed by atoms with Crippen LogP contribution in [0.2, 0.25) is 0 Å². The van der Waals surface area contributed by atoms with Gasteiger partial charge in [-0.3, -0.25) is 0 Å². The molecule has 1 heterocycles. The van der Waals surface area contributed by atoms with E-state index in [0.717, 1.165) is 17.5 Å². The van der Waals surface area contributed by atoms with Gasteiger partial charge in [-0.15, -0.1) is 0 Å². The fourth-order valence-corrected chi connectivity index (χ4v) is 1.74. The van der Waals surface area contributed by atoms with Gasteiger partial charge in [0.15, 0.2) is 0 Å². The summed E-state index contributed by atoms with van der Waals surface area (Å²) in [6.45, 7) is 1.91. The van der Waals surface area contributed by atoms with Crippen LogP contribution in [-0.2, 0) is 4.79 Å². The Bertz CT molecular complexity index is 351. The van der Waals surface area contributed by atoms with E-state index in [9.17, 15) is 9.18 Å². The number of carbonyl (C=O) groups excluding carboxylic acids is 1. The highest BCUT2D eigenvalue weighted by Crippen LogP contribution is 2.34. The first-order chi connectivity index (χ1) is 6.22. The van der Waals surface area contributed by atoms with E-state index in [-0.39, 0.29) is 17.8 Å². The summed E-state index contributed by atoms with van der Waals surface area (Å²) in [5.41, 5.74) is 1.63. The molecule has 0 radical (unpaired) electrons. The SMILES string of the molecule is CC1Nc2ccc(F)cc2C1C=O. The van der Waals surface area contributed by atoms with E-state index in [0.29, 0.717) is 0 Å². The molecule has 13 heavy (non-hydrogen) atoms. The first-order valence-corrected chi connectivity index (χ1v) is 4.23. The number of halogens is 1. The average molecular weight is 179 g/mol. The smallest absolute Gasteiger partial charge is 0.129 e. The van der Waals surface area contributed by atoms with Gasteiger partial charge < -0.3 is 10.1 Å². The Hall–Kier alpha value is -1.38. The van der Waals surface area contributed by atoms with Crippen LogP contribution in [0.25, 0.3) is 0 Å². The van der Waals surface area contributed by atoms with Gasteiger partial charge in [-0.1, -0.05) is 0 Å². The first kappa shape index (κ1) is 8.23. The minimum absolute atomic E-state index is 0.0642. The second-order valence-electron chi connectivity index (χ2n) is 3.33. The van der Waals surface area contributed by atoms with Gasteiger partial charge in [0.1, 0.15) is 12.1 Å². The zero-order valence-electron chi connectivity index (χ0n) is 7.25. The van der Waals surface area contributed by atoms with Crippen molar-refractivity contribution in [3.63, 3.8) is 0 Å². The van der Waals surface area contributed by atoms with Crippen LogP contribution in [0.3, 0.4) is 0 Å². The molecule has 0 aliphatic carbocycles. The van der Waals surface area contributed by atoms with Crippen LogP contribution in [0.4, 0.5) is 10.1 Å². The normalized spacial score (nSPS) is 25.1. The highest BCUT2D eigenvalue weighted by molar-refractivity contribution is 5.74. The third kappa shape index (κ3) is 1.20. The minimum Gasteiger partial charge on any atom is -0.381 e. The van der Waals surface area contributed by atoms with E-state index < -0.39 is 0 Å². The summed E-state index contributed by atoms with van der Waals surface area (Å²) in [6.07, 6.45) is 0.864. The average Bonchev–Trinajstić information content (AvgIpc) is 2.40. The predicted octanol–water partition coefficient (Wildman–Crippen LogP) is 1.92. The highest BCUT2D eigenvalue weighted by Gasteiger charge is 2.28. The molecule has 1 N–H and O–H groups in total. The molecule has 0 aromatic heterocycles. The molecule has 1 aromatic carbocycles. The number of carbonyl (C=O) groups is 1. The molecule has 3 heteroatoms. The lowest BCUT2D eigenvalue weighted by atomic mass is 9.98. The summed E-state index contributed by atoms with van der Waals surface area (Å²) < 4.78 is 12.9. The Morgan fingerprint density at radius 2 is 2.31 bits per heavy atom. The van der Waals surface area contributed by atoms with Crippen molar-refractivity contribution < 1.29 is 9.18 Å². The Morgan fingerprint density at radius 3 is 3.00 bits per heavy atom. The van der Waals surface area contributed by atoms with Crippen molar-refractivity contribution in [2.24, 2.45) is 0 Å². The largest absolute Gasteiger partial charge is 0.381 e. The van der Waals surface area contributed by atoms with E-state index in [4.69, 9.17) is 0 Å². The summed E-state index contributed by atoms with van der Waals surface area (Å²) in [5.74, 6) is -0.507. The van der Waals surface area contributed by atoms with Gasteiger partial charge in [0.25, 0.3) is 0 Å². The van der Waals surface area contributed by atoms with Crippen LogP contribution in [-0.4, -0.2) is 12.3 Å². The maximum atomic E-state index is 12.9. The summed E-state index contributed by atoms with van der Waals surface area (Å²) in [6, 6.07) is 4.55. The summed E-state index contributed by atoms with van der Waals surface area (Å²) in [4.78, 5) is 10.7. The van der Waals surface area contributed by atoms with Crippen LogP contribution in [0.5, 0.6) is 0 Å². The maximum absolute atomic E-state index is 12.9. The number of hydrogen-bond donors (Lipinski definition) is 1. The number of aldehydes is 1. The monoisotopic (exact) mass is 179 g/mol. The second kappa shape index (κ2) is 2.83. The number of benzene rings is 1. The second-order valence-corrected chi connectivity index (χ2v) is 3.33. The molecule has 2 rings (SSSR count). The molecule has 1 aliphatic heterocycles. The van der Waals surface area contributed by atoms with Gasteiger partial charge in [0.05, 0.1) is 5.92 Å². The van der Waals surface area contributed by atoms with Gasteiger partial charge in [-0.05, 0) is 30.7 Å². The fourth-order valence-electron chi connectivity index (χ4n) is 1.74. The molecule has 0 bridgehead atoms. The molecule has 0 saturated heterocycles. The van der Waals surface area contributed by atoms with Crippen molar-refractivity contribution in [2.45, 2.75) is 18.9 Å². The molecule has 68 valence electrons. The molecule has 1 aromatic rings. The number of anilines is 1. The Kier molecular flexibility index (Phi) is 1.79. The Morgan fingerprint density at radius 1 is 1.54 bits per heavy atom. The summed E-state index contributed by atoms with van der Waals surface area (Å²) >= 11 is 0. The van der Waals surface area contributed by atoms with Gasteiger partial charge in [0, 0.05) is 11.7 Å². The van der Waals surface area contributed by atoms with E-state index >= 15 is 0 Å². The van der Waals surface area contributed by atoms with E-state index in [1.165, 1.54) is 12.1 Å². The van der Waals surface area contributed by atoms with Crippen LogP contribution >= 0.6 is 0 Å². The van der Waals surface area contributed by atoms with Gasteiger partial charge in [-0.2, -0.15) is 0 Å². The number of hydrogen-bond acceptors (Lipinski definition) is 2. The van der Waals surface area contributed by atoms with Crippen molar-refractivity contribution in [2.75, 3.05) is 5.32 Å². The molecule has 2 atom stereocenters. The van der Waals surface area contributed by atoms with Crippen LogP contribution in [0.15, 0.2) is 18.2 Å². The van der Waals surface area contributed by atoms with Crippen molar-refractivity contribution in [1.29, 1.82) is 0 Å². The molecule has 1 aliphatic rings. The van der Waals surface area contributed by atoms with Crippen molar-refractivity contribution >= 4 is 12.0 Å². The fraction of sp³-hybridized carbons (Fsp3) is 0.300. The quantitative estimate of drug-likeness (QED) is 0.667. The van der Waals surface area contributed by atoms with E-state index in [1.54, 1.807) is 6.07 Å². The summed E-state index contributed by atoms with van der Waals surface area (Å²) in [5, 5.41) is 3.13. The Labute approximate surface area is 75.8 Å². The molecular formula is C10H10FNO. The number of nitrogens with one attached hydrogen (secondary N) is 1. The highest BCUT2D eigenvalue weighted by atomic mass is 19.1. The zero-order chi connectivity index (χ0) is 9.42. The van der Waals surface area contributed by atoms with Gasteiger partial charge in [-0.25, -0.2) is 4.39 Å². The van der Waals surface area contributed by atoms with Gasteiger partial charge >= 0.3 is 0 Å². The maximum Gasteiger partial charge on any atom is 0.129 e.